The fraction of sp³-hybridized carbons (Fsp3) is 0.636. The summed E-state index contributed by atoms with van der Waals surface area (Å²) in [5.74, 6) is -1.94. The number of nitrogens with zero attached hydrogens (tertiary/aromatic N) is 2. The highest BCUT2D eigenvalue weighted by Crippen LogP contribution is 2.67. The van der Waals surface area contributed by atoms with Crippen LogP contribution in [0, 0.1) is 17.3 Å². The molecule has 0 spiro atoms. The first-order valence-electron chi connectivity index (χ1n) is 16.3. The first-order valence-corrected chi connectivity index (χ1v) is 17.9. The van der Waals surface area contributed by atoms with Gasteiger partial charge in [-0.25, -0.2) is 9.59 Å². The van der Waals surface area contributed by atoms with Crippen LogP contribution in [-0.4, -0.2) is 80.2 Å². The van der Waals surface area contributed by atoms with Crippen molar-refractivity contribution < 1.29 is 43.0 Å². The minimum atomic E-state index is -4.81. The second-order valence-electron chi connectivity index (χ2n) is 14.6. The highest BCUT2D eigenvalue weighted by atomic mass is 31.2. The summed E-state index contributed by atoms with van der Waals surface area (Å²) in [4.78, 5) is 77.5. The van der Waals surface area contributed by atoms with Crippen LogP contribution in [0.1, 0.15) is 76.5 Å². The maximum absolute atomic E-state index is 14.2. The van der Waals surface area contributed by atoms with E-state index in [0.29, 0.717) is 13.1 Å². The number of hydrogen-bond donors (Lipinski definition) is 4. The molecule has 6 atom stereocenters. The third-order valence-corrected chi connectivity index (χ3v) is 11.5. The molecule has 3 heterocycles. The number of benzene rings is 1. The molecule has 1 saturated carbocycles. The van der Waals surface area contributed by atoms with E-state index >= 15 is 0 Å². The van der Waals surface area contributed by atoms with Gasteiger partial charge in [0.2, 0.25) is 11.8 Å². The van der Waals surface area contributed by atoms with E-state index in [2.05, 4.69) is 23.3 Å². The molecule has 1 aromatic carbocycles. The molecular formula is C33H47N4O9P. The van der Waals surface area contributed by atoms with Crippen molar-refractivity contribution in [1.82, 2.24) is 20.4 Å². The molecule has 1 aliphatic carbocycles. The number of cyclic esters (lactones) is 1. The minimum absolute atomic E-state index is 0.000455. The molecule has 258 valence electrons. The average Bonchev–Trinajstić information content (AvgIpc) is 3.31. The van der Waals surface area contributed by atoms with Gasteiger partial charge >= 0.3 is 19.8 Å². The van der Waals surface area contributed by atoms with Gasteiger partial charge in [0.05, 0.1) is 13.2 Å². The minimum Gasteiger partial charge on any atom is -0.449 e. The lowest BCUT2D eigenvalue weighted by molar-refractivity contribution is -0.142. The van der Waals surface area contributed by atoms with Crippen molar-refractivity contribution in [3.05, 3.63) is 47.5 Å². The molecule has 4 bridgehead atoms. The van der Waals surface area contributed by atoms with Gasteiger partial charge in [0.1, 0.15) is 23.5 Å². The van der Waals surface area contributed by atoms with Crippen molar-refractivity contribution in [2.45, 2.75) is 103 Å². The zero-order valence-corrected chi connectivity index (χ0v) is 28.5. The lowest BCUT2D eigenvalue weighted by atomic mass is 9.85. The quantitative estimate of drug-likeness (QED) is 0.274. The number of aryl methyl sites for hydroxylation is 1. The summed E-state index contributed by atoms with van der Waals surface area (Å²) >= 11 is 0. The van der Waals surface area contributed by atoms with Crippen molar-refractivity contribution in [2.75, 3.05) is 13.2 Å². The summed E-state index contributed by atoms with van der Waals surface area (Å²) in [6.45, 7) is 11.7. The molecule has 4 amide bonds. The Morgan fingerprint density at radius 1 is 1.17 bits per heavy atom. The Balaban J connectivity index is 1.44. The maximum Gasteiger partial charge on any atom is 0.410 e. The highest BCUT2D eigenvalue weighted by molar-refractivity contribution is 7.54. The monoisotopic (exact) mass is 674 g/mol. The van der Waals surface area contributed by atoms with Gasteiger partial charge in [0, 0.05) is 25.4 Å². The van der Waals surface area contributed by atoms with Gasteiger partial charge < -0.3 is 34.8 Å². The second kappa shape index (κ2) is 13.2. The van der Waals surface area contributed by atoms with Crippen LogP contribution in [0.4, 0.5) is 9.59 Å². The van der Waals surface area contributed by atoms with Gasteiger partial charge in [-0.3, -0.25) is 19.1 Å². The van der Waals surface area contributed by atoms with E-state index in [1.165, 1.54) is 16.5 Å². The lowest BCUT2D eigenvalue weighted by Gasteiger charge is -2.35. The van der Waals surface area contributed by atoms with Gasteiger partial charge in [-0.2, -0.15) is 0 Å². The van der Waals surface area contributed by atoms with Crippen LogP contribution in [0.5, 0.6) is 0 Å². The second-order valence-corrected chi connectivity index (χ2v) is 16.4. The van der Waals surface area contributed by atoms with Gasteiger partial charge in [-0.15, -0.1) is 6.58 Å². The SMILES string of the molecule is C=C[C@H]1C[C@]1(NC(=O)[C@@H]1C[C@@H]2CN1C(=O)[C@H](C(C)(C)C)NC(=O)OC[C@@H](C)CCCCc1cccc3c1CN(C3)C(=O)O2)P(=O)(O)O. The third-order valence-electron chi connectivity index (χ3n) is 9.85. The summed E-state index contributed by atoms with van der Waals surface area (Å²) in [6.07, 6.45) is 2.63. The standard InChI is InChI=1S/C33H47N4O9P/c1-6-23-15-33(23,47(42,43)44)35-28(38)26-14-24-17-37(26)29(39)27(32(3,4)5)34-30(40)45-19-20(2)10-7-8-11-21-12-9-13-22-16-36(18-25(21)22)31(41)46-24/h6,9,12-13,20,23-24,26-27H,1,7-8,10-11,14-19H2,2-5H3,(H,34,40)(H,35,38)(H2,42,43,44)/t20-,23-,24+,26-,27+,33-/m0/s1. The largest absolute Gasteiger partial charge is 0.449 e. The Kier molecular flexibility index (Phi) is 9.84. The van der Waals surface area contributed by atoms with Gasteiger partial charge in [0.25, 0.3) is 0 Å². The molecule has 47 heavy (non-hydrogen) atoms. The van der Waals surface area contributed by atoms with Crippen LogP contribution in [0.2, 0.25) is 0 Å². The molecule has 13 nitrogen and oxygen atoms in total. The molecule has 0 unspecified atom stereocenters. The van der Waals surface area contributed by atoms with Gasteiger partial charge in [-0.05, 0) is 53.7 Å². The van der Waals surface area contributed by atoms with Gasteiger partial charge in [0.15, 0.2) is 0 Å². The Morgan fingerprint density at radius 3 is 2.55 bits per heavy atom. The smallest absolute Gasteiger partial charge is 0.410 e. The van der Waals surface area contributed by atoms with Crippen LogP contribution in [-0.2, 0) is 43.1 Å². The van der Waals surface area contributed by atoms with E-state index in [9.17, 15) is 33.5 Å². The van der Waals surface area contributed by atoms with Crippen molar-refractivity contribution in [3.8, 4) is 0 Å². The molecule has 2 fully saturated rings. The van der Waals surface area contributed by atoms with Gasteiger partial charge in [-0.1, -0.05) is 58.4 Å². The normalized spacial score (nSPS) is 30.6. The van der Waals surface area contributed by atoms with Crippen molar-refractivity contribution in [2.24, 2.45) is 17.3 Å². The first-order chi connectivity index (χ1) is 22.0. The number of alkyl carbamates (subject to hydrolysis) is 1. The van der Waals surface area contributed by atoms with Crippen LogP contribution in [0.3, 0.4) is 0 Å². The first kappa shape index (κ1) is 34.9. The fourth-order valence-corrected chi connectivity index (χ4v) is 8.16. The number of carbonyl (C=O) groups is 4. The summed E-state index contributed by atoms with van der Waals surface area (Å²) in [5.41, 5.74) is 2.51. The van der Waals surface area contributed by atoms with E-state index in [4.69, 9.17) is 9.47 Å². The Labute approximate surface area is 275 Å². The zero-order valence-electron chi connectivity index (χ0n) is 27.6. The summed E-state index contributed by atoms with van der Waals surface area (Å²) in [5, 5.41) is 3.39. The van der Waals surface area contributed by atoms with Crippen LogP contribution >= 0.6 is 7.60 Å². The fourth-order valence-electron chi connectivity index (χ4n) is 6.93. The topological polar surface area (TPSA) is 175 Å². The van der Waals surface area contributed by atoms with E-state index in [1.807, 2.05) is 19.1 Å². The molecule has 4 N–H and O–H groups in total. The summed E-state index contributed by atoms with van der Waals surface area (Å²) in [6, 6.07) is 3.72. The summed E-state index contributed by atoms with van der Waals surface area (Å²) < 4.78 is 23.9. The summed E-state index contributed by atoms with van der Waals surface area (Å²) in [7, 11) is -4.81. The lowest BCUT2D eigenvalue weighted by Crippen LogP contribution is -2.58. The van der Waals surface area contributed by atoms with Crippen molar-refractivity contribution in [1.29, 1.82) is 0 Å². The van der Waals surface area contributed by atoms with Crippen LogP contribution in [0.15, 0.2) is 30.9 Å². The number of carbonyl (C=O) groups excluding carboxylic acids is 4. The van der Waals surface area contributed by atoms with E-state index in [-0.39, 0.29) is 31.9 Å². The zero-order chi connectivity index (χ0) is 34.3. The molecule has 1 saturated heterocycles. The number of fused-ring (bicyclic) bond motifs is 3. The van der Waals surface area contributed by atoms with E-state index in [1.54, 1.807) is 25.7 Å². The third kappa shape index (κ3) is 7.37. The number of hydrogen-bond acceptors (Lipinski definition) is 7. The highest BCUT2D eigenvalue weighted by Gasteiger charge is 2.66. The molecule has 4 aliphatic rings. The number of nitrogens with one attached hydrogen (secondary N) is 2. The molecular weight excluding hydrogens is 627 g/mol. The molecule has 14 heteroatoms. The predicted octanol–water partition coefficient (Wildman–Crippen LogP) is 3.81. The van der Waals surface area contributed by atoms with Crippen molar-refractivity contribution >= 4 is 31.6 Å². The predicted molar refractivity (Wildman–Crippen MR) is 172 cm³/mol. The molecule has 3 aliphatic heterocycles. The van der Waals surface area contributed by atoms with E-state index in [0.717, 1.165) is 36.8 Å². The molecule has 5 rings (SSSR count). The van der Waals surface area contributed by atoms with Crippen LogP contribution in [0.25, 0.3) is 0 Å². The Morgan fingerprint density at radius 2 is 1.89 bits per heavy atom. The molecule has 1 aromatic rings. The number of amides is 4. The Bertz CT molecular complexity index is 1470. The van der Waals surface area contributed by atoms with E-state index < -0.39 is 66.4 Å². The average molecular weight is 675 g/mol. The number of ether oxygens (including phenoxy) is 2. The van der Waals surface area contributed by atoms with Crippen molar-refractivity contribution in [3.63, 3.8) is 0 Å². The maximum atomic E-state index is 14.2. The Hall–Kier alpha value is -3.41. The number of rotatable bonds is 4. The molecule has 0 aromatic heterocycles. The van der Waals surface area contributed by atoms with Crippen LogP contribution < -0.4 is 10.6 Å². The molecule has 0 radical (unpaired) electrons.